The predicted molar refractivity (Wildman–Crippen MR) is 79.0 cm³/mol. The molecule has 1 N–H and O–H groups in total. The summed E-state index contributed by atoms with van der Waals surface area (Å²) in [5.74, 6) is 0.855. The highest BCUT2D eigenvalue weighted by molar-refractivity contribution is 5.75. The molecule has 0 aromatic heterocycles. The minimum atomic E-state index is -0.644. The topological polar surface area (TPSA) is 46.5 Å². The number of hydrogen-bond donors (Lipinski definition) is 1. The number of carboxylic acid groups (broad SMARTS) is 1. The van der Waals surface area contributed by atoms with Gasteiger partial charge in [-0.05, 0) is 55.7 Å². The third kappa shape index (κ3) is 3.14. The normalized spacial score (nSPS) is 26.2. The van der Waals surface area contributed by atoms with Gasteiger partial charge in [-0.15, -0.1) is 0 Å². The number of hydrogen-bond acceptors (Lipinski definition) is 2. The summed E-state index contributed by atoms with van der Waals surface area (Å²) in [6.45, 7) is 2.19. The molecule has 3 heteroatoms. The Bertz CT molecular complexity index is 459. The average molecular weight is 276 g/mol. The molecule has 110 valence electrons. The molecule has 0 amide bonds. The summed E-state index contributed by atoms with van der Waals surface area (Å²) >= 11 is 0. The number of ether oxygens (including phenoxy) is 1. The van der Waals surface area contributed by atoms with Crippen LogP contribution in [0.15, 0.2) is 24.3 Å². The summed E-state index contributed by atoms with van der Waals surface area (Å²) < 4.78 is 5.22. The molecule has 2 rings (SSSR count). The molecular formula is C17H24O3. The molecule has 0 spiro atoms. The van der Waals surface area contributed by atoms with E-state index in [9.17, 15) is 9.90 Å². The maximum absolute atomic E-state index is 11.8. The van der Waals surface area contributed by atoms with Gasteiger partial charge in [0.25, 0.3) is 0 Å². The van der Waals surface area contributed by atoms with Crippen LogP contribution in [0.1, 0.15) is 44.6 Å². The first-order valence-electron chi connectivity index (χ1n) is 7.46. The molecule has 1 aliphatic carbocycles. The highest BCUT2D eigenvalue weighted by atomic mass is 16.5. The van der Waals surface area contributed by atoms with E-state index in [4.69, 9.17) is 4.74 Å². The summed E-state index contributed by atoms with van der Waals surface area (Å²) in [5.41, 5.74) is 0.472. The van der Waals surface area contributed by atoms with Crippen molar-refractivity contribution in [3.63, 3.8) is 0 Å². The van der Waals surface area contributed by atoms with Crippen LogP contribution in [0.5, 0.6) is 5.75 Å². The van der Waals surface area contributed by atoms with Gasteiger partial charge in [-0.3, -0.25) is 4.79 Å². The largest absolute Gasteiger partial charge is 0.497 e. The fourth-order valence-corrected chi connectivity index (χ4v) is 3.28. The Labute approximate surface area is 121 Å². The van der Waals surface area contributed by atoms with Gasteiger partial charge in [0.2, 0.25) is 0 Å². The van der Waals surface area contributed by atoms with Gasteiger partial charge in [0.1, 0.15) is 5.75 Å². The van der Waals surface area contributed by atoms with Crippen molar-refractivity contribution in [2.45, 2.75) is 45.4 Å². The quantitative estimate of drug-likeness (QED) is 0.887. The highest BCUT2D eigenvalue weighted by Gasteiger charge is 2.41. The van der Waals surface area contributed by atoms with Gasteiger partial charge in [0.15, 0.2) is 0 Å². The molecule has 1 saturated carbocycles. The number of rotatable bonds is 5. The summed E-state index contributed by atoms with van der Waals surface area (Å²) in [5, 5.41) is 9.70. The Morgan fingerprint density at radius 2 is 2.10 bits per heavy atom. The fourth-order valence-electron chi connectivity index (χ4n) is 3.28. The van der Waals surface area contributed by atoms with Crippen LogP contribution >= 0.6 is 0 Å². The first-order valence-corrected chi connectivity index (χ1v) is 7.46. The summed E-state index contributed by atoms with van der Waals surface area (Å²) in [7, 11) is 1.64. The van der Waals surface area contributed by atoms with Gasteiger partial charge in [0, 0.05) is 0 Å². The minimum Gasteiger partial charge on any atom is -0.497 e. The van der Waals surface area contributed by atoms with Crippen molar-refractivity contribution in [2.24, 2.45) is 11.3 Å². The molecule has 3 nitrogen and oxygen atoms in total. The predicted octanol–water partition coefficient (Wildman–Crippen LogP) is 3.91. The molecule has 0 radical (unpaired) electrons. The monoisotopic (exact) mass is 276 g/mol. The number of carboxylic acids is 1. The molecule has 1 aliphatic rings. The van der Waals surface area contributed by atoms with Gasteiger partial charge in [-0.1, -0.05) is 25.5 Å². The summed E-state index contributed by atoms with van der Waals surface area (Å²) in [4.78, 5) is 11.8. The van der Waals surface area contributed by atoms with Crippen LogP contribution in [0, 0.1) is 11.3 Å². The maximum Gasteiger partial charge on any atom is 0.309 e. The van der Waals surface area contributed by atoms with Gasteiger partial charge >= 0.3 is 5.97 Å². The second-order valence-electron chi connectivity index (χ2n) is 5.97. The molecular weight excluding hydrogens is 252 g/mol. The van der Waals surface area contributed by atoms with Crippen LogP contribution in [0.4, 0.5) is 0 Å². The Morgan fingerprint density at radius 3 is 2.65 bits per heavy atom. The number of aliphatic carboxylic acids is 1. The van der Waals surface area contributed by atoms with E-state index < -0.39 is 11.4 Å². The van der Waals surface area contributed by atoms with Crippen molar-refractivity contribution in [3.05, 3.63) is 29.8 Å². The van der Waals surface area contributed by atoms with Crippen molar-refractivity contribution in [2.75, 3.05) is 7.11 Å². The van der Waals surface area contributed by atoms with Crippen LogP contribution in [0.3, 0.4) is 0 Å². The molecule has 1 aromatic rings. The van der Waals surface area contributed by atoms with Gasteiger partial charge in [0.05, 0.1) is 12.5 Å². The lowest BCUT2D eigenvalue weighted by Crippen LogP contribution is -2.37. The van der Waals surface area contributed by atoms with Crippen LogP contribution in [0.2, 0.25) is 0 Å². The first-order chi connectivity index (χ1) is 9.59. The molecule has 1 aromatic carbocycles. The molecule has 1 fully saturated rings. The lowest BCUT2D eigenvalue weighted by molar-refractivity contribution is -0.151. The fraction of sp³-hybridized carbons (Fsp3) is 0.588. The molecule has 0 atom stereocenters. The van der Waals surface area contributed by atoms with Crippen LogP contribution < -0.4 is 4.74 Å². The molecule has 0 saturated heterocycles. The lowest BCUT2D eigenvalue weighted by Gasteiger charge is -2.36. The van der Waals surface area contributed by atoms with E-state index >= 15 is 0 Å². The van der Waals surface area contributed by atoms with Crippen molar-refractivity contribution in [3.8, 4) is 5.75 Å². The molecule has 0 unspecified atom stereocenters. The highest BCUT2D eigenvalue weighted by Crippen LogP contribution is 2.43. The summed E-state index contributed by atoms with van der Waals surface area (Å²) in [6, 6.07) is 7.78. The molecule has 0 bridgehead atoms. The third-order valence-electron chi connectivity index (χ3n) is 4.77. The third-order valence-corrected chi connectivity index (χ3v) is 4.77. The van der Waals surface area contributed by atoms with Crippen LogP contribution in [-0.4, -0.2) is 18.2 Å². The smallest absolute Gasteiger partial charge is 0.309 e. The van der Waals surface area contributed by atoms with E-state index in [0.717, 1.165) is 43.4 Å². The van der Waals surface area contributed by atoms with Crippen molar-refractivity contribution in [1.29, 1.82) is 0 Å². The Balaban J connectivity index is 2.15. The van der Waals surface area contributed by atoms with E-state index in [0.29, 0.717) is 12.3 Å². The standard InChI is InChI=1S/C17H24O3/c1-3-13-7-9-17(10-8-13,16(18)19)12-14-5-4-6-15(11-14)20-2/h4-6,11,13H,3,7-10,12H2,1-2H3,(H,18,19). The Morgan fingerprint density at radius 1 is 1.40 bits per heavy atom. The zero-order chi connectivity index (χ0) is 14.6. The van der Waals surface area contributed by atoms with E-state index in [2.05, 4.69) is 6.92 Å². The van der Waals surface area contributed by atoms with E-state index in [1.165, 1.54) is 0 Å². The zero-order valence-corrected chi connectivity index (χ0v) is 12.4. The minimum absolute atomic E-state index is 0.585. The maximum atomic E-state index is 11.8. The zero-order valence-electron chi connectivity index (χ0n) is 12.4. The lowest BCUT2D eigenvalue weighted by atomic mass is 9.67. The Hall–Kier alpha value is -1.51. The van der Waals surface area contributed by atoms with Gasteiger partial charge in [-0.2, -0.15) is 0 Å². The molecule has 0 aliphatic heterocycles. The van der Waals surface area contributed by atoms with Gasteiger partial charge in [-0.25, -0.2) is 0 Å². The summed E-state index contributed by atoms with van der Waals surface area (Å²) in [6.07, 6.45) is 5.42. The average Bonchev–Trinajstić information content (AvgIpc) is 2.48. The molecule has 0 heterocycles. The van der Waals surface area contributed by atoms with Crippen molar-refractivity contribution in [1.82, 2.24) is 0 Å². The van der Waals surface area contributed by atoms with Crippen molar-refractivity contribution >= 4 is 5.97 Å². The van der Waals surface area contributed by atoms with E-state index in [-0.39, 0.29) is 0 Å². The van der Waals surface area contributed by atoms with E-state index in [1.54, 1.807) is 7.11 Å². The number of benzene rings is 1. The Kier molecular flexibility index (Phi) is 4.69. The molecule has 20 heavy (non-hydrogen) atoms. The number of methoxy groups -OCH3 is 1. The SMILES string of the molecule is CCC1CCC(Cc2cccc(OC)c2)(C(=O)O)CC1. The number of carbonyl (C=O) groups is 1. The van der Waals surface area contributed by atoms with E-state index in [1.807, 2.05) is 24.3 Å². The first kappa shape index (κ1) is 14.9. The van der Waals surface area contributed by atoms with Crippen molar-refractivity contribution < 1.29 is 14.6 Å². The second-order valence-corrected chi connectivity index (χ2v) is 5.97. The van der Waals surface area contributed by atoms with Gasteiger partial charge < -0.3 is 9.84 Å². The van der Waals surface area contributed by atoms with Crippen LogP contribution in [0.25, 0.3) is 0 Å². The van der Waals surface area contributed by atoms with Crippen LogP contribution in [-0.2, 0) is 11.2 Å². The second kappa shape index (κ2) is 6.29.